The van der Waals surface area contributed by atoms with Crippen LogP contribution in [-0.2, 0) is 0 Å². The molecule has 16 heavy (non-hydrogen) atoms. The van der Waals surface area contributed by atoms with Gasteiger partial charge in [0.05, 0.1) is 11.1 Å². The number of thiazole rings is 1. The van der Waals surface area contributed by atoms with Gasteiger partial charge in [0.25, 0.3) is 0 Å². The average molecular weight is 262 g/mol. The van der Waals surface area contributed by atoms with Gasteiger partial charge in [-0.15, -0.1) is 0 Å². The van der Waals surface area contributed by atoms with Crippen molar-refractivity contribution < 1.29 is 4.79 Å². The third-order valence-corrected chi connectivity index (χ3v) is 2.52. The number of thiol groups is 1. The Balaban J connectivity index is 0. The fraction of sp³-hybridized carbons (Fsp3) is 0.636. The van der Waals surface area contributed by atoms with Gasteiger partial charge in [-0.3, -0.25) is 4.79 Å². The molecule has 0 spiro atoms. The van der Waals surface area contributed by atoms with E-state index < -0.39 is 0 Å². The van der Waals surface area contributed by atoms with Gasteiger partial charge >= 0.3 is 0 Å². The molecule has 0 aliphatic carbocycles. The van der Waals surface area contributed by atoms with Crippen LogP contribution < -0.4 is 5.32 Å². The highest BCUT2D eigenvalue weighted by Gasteiger charge is 2.04. The van der Waals surface area contributed by atoms with E-state index >= 15 is 0 Å². The van der Waals surface area contributed by atoms with Crippen molar-refractivity contribution in [2.45, 2.75) is 34.6 Å². The predicted octanol–water partition coefficient (Wildman–Crippen LogP) is 3.74. The van der Waals surface area contributed by atoms with Crippen LogP contribution in [0.15, 0.2) is 6.20 Å². The summed E-state index contributed by atoms with van der Waals surface area (Å²) in [4.78, 5) is 15.6. The molecule has 0 fully saturated rings. The van der Waals surface area contributed by atoms with Crippen LogP contribution in [-0.4, -0.2) is 23.1 Å². The molecule has 94 valence electrons. The van der Waals surface area contributed by atoms with Gasteiger partial charge in [0.15, 0.2) is 10.9 Å². The molecule has 0 aromatic carbocycles. The van der Waals surface area contributed by atoms with Crippen LogP contribution in [0.4, 0.5) is 5.13 Å². The molecule has 1 N–H and O–H groups in total. The number of ketones is 1. The lowest BCUT2D eigenvalue weighted by atomic mass is 10.4. The van der Waals surface area contributed by atoms with Crippen molar-refractivity contribution in [2.24, 2.45) is 0 Å². The maximum atomic E-state index is 10.9. The second-order valence-corrected chi connectivity index (χ2v) is 3.71. The molecule has 3 nitrogen and oxygen atoms in total. The minimum atomic E-state index is 0.0615. The Morgan fingerprint density at radius 2 is 2.00 bits per heavy atom. The normalized spacial score (nSPS) is 8.12. The number of Topliss-reactive ketones (excluding diaryl/α,β-unsaturated/α-hetero) is 1. The predicted molar refractivity (Wildman–Crippen MR) is 77.2 cm³/mol. The van der Waals surface area contributed by atoms with Gasteiger partial charge < -0.3 is 5.32 Å². The van der Waals surface area contributed by atoms with Crippen molar-refractivity contribution in [3.63, 3.8) is 0 Å². The van der Waals surface area contributed by atoms with Gasteiger partial charge in [-0.2, -0.15) is 12.6 Å². The van der Waals surface area contributed by atoms with Gasteiger partial charge in [-0.05, 0) is 0 Å². The maximum absolute atomic E-state index is 10.9. The zero-order valence-electron chi connectivity index (χ0n) is 10.7. The Hall–Kier alpha value is -0.550. The van der Waals surface area contributed by atoms with E-state index in [1.807, 2.05) is 27.7 Å². The van der Waals surface area contributed by atoms with Crippen molar-refractivity contribution in [1.82, 2.24) is 4.98 Å². The first kappa shape index (κ1) is 17.8. The first-order valence-corrected chi connectivity index (χ1v) is 7.00. The summed E-state index contributed by atoms with van der Waals surface area (Å²) >= 11 is 5.42. The van der Waals surface area contributed by atoms with Gasteiger partial charge in [0, 0.05) is 19.2 Å². The molecule has 0 saturated heterocycles. The molecule has 0 amide bonds. The van der Waals surface area contributed by atoms with E-state index in [2.05, 4.69) is 22.9 Å². The minimum absolute atomic E-state index is 0.0615. The van der Waals surface area contributed by atoms with Crippen molar-refractivity contribution >= 4 is 34.9 Å². The molecule has 5 heteroatoms. The summed E-state index contributed by atoms with van der Waals surface area (Å²) in [6, 6.07) is 0. The number of nitrogens with one attached hydrogen (secondary N) is 1. The van der Waals surface area contributed by atoms with Crippen LogP contribution >= 0.6 is 24.0 Å². The summed E-state index contributed by atoms with van der Waals surface area (Å²) < 4.78 is 0. The summed E-state index contributed by atoms with van der Waals surface area (Å²) in [5.41, 5.74) is 0. The molecule has 1 aromatic rings. The maximum Gasteiger partial charge on any atom is 0.183 e. The Morgan fingerprint density at radius 3 is 2.38 bits per heavy atom. The lowest BCUT2D eigenvalue weighted by Gasteiger charge is -1.95. The van der Waals surface area contributed by atoms with E-state index in [0.29, 0.717) is 4.88 Å². The highest BCUT2D eigenvalue weighted by molar-refractivity contribution is 7.80. The molecule has 1 rings (SSSR count). The van der Waals surface area contributed by atoms with Gasteiger partial charge in [0.1, 0.15) is 0 Å². The quantitative estimate of drug-likeness (QED) is 0.641. The molecule has 0 aliphatic rings. The van der Waals surface area contributed by atoms with Crippen LogP contribution in [0.3, 0.4) is 0 Å². The van der Waals surface area contributed by atoms with E-state index in [1.54, 1.807) is 6.20 Å². The lowest BCUT2D eigenvalue weighted by Crippen LogP contribution is -2.01. The van der Waals surface area contributed by atoms with Gasteiger partial charge in [-0.1, -0.05) is 39.0 Å². The smallest absolute Gasteiger partial charge is 0.183 e. The van der Waals surface area contributed by atoms with Crippen molar-refractivity contribution in [3.8, 4) is 0 Å². The van der Waals surface area contributed by atoms with Gasteiger partial charge in [-0.25, -0.2) is 4.98 Å². The number of anilines is 1. The number of carbonyl (C=O) groups is 1. The zero-order chi connectivity index (χ0) is 13.0. The standard InChI is InChI=1S/C7H10N2OS2.2C2H6/c1-5(10)6-4-9-7(12-6)8-2-3-11;2*1-2/h4,11H,2-3H2,1H3,(H,8,9);2*1-2H3. The monoisotopic (exact) mass is 262 g/mol. The average Bonchev–Trinajstić information content (AvgIpc) is 2.80. The number of carbonyl (C=O) groups excluding carboxylic acids is 1. The van der Waals surface area contributed by atoms with Crippen molar-refractivity contribution in [1.29, 1.82) is 0 Å². The molecule has 0 aliphatic heterocycles. The highest BCUT2D eigenvalue weighted by Crippen LogP contribution is 2.17. The molecule has 1 aromatic heterocycles. The SMILES string of the molecule is CC.CC.CC(=O)c1cnc(NCCS)s1. The summed E-state index contributed by atoms with van der Waals surface area (Å²) in [5, 5.41) is 3.83. The Bertz CT molecular complexity index is 275. The number of rotatable bonds is 4. The Kier molecular flexibility index (Phi) is 14.0. The van der Waals surface area contributed by atoms with Crippen LogP contribution in [0, 0.1) is 0 Å². The molecule has 0 unspecified atom stereocenters. The first-order valence-electron chi connectivity index (χ1n) is 5.55. The van der Waals surface area contributed by atoms with Crippen LogP contribution in [0.1, 0.15) is 44.3 Å². The highest BCUT2D eigenvalue weighted by atomic mass is 32.1. The third kappa shape index (κ3) is 7.70. The second-order valence-electron chi connectivity index (χ2n) is 2.24. The Labute approximate surface area is 108 Å². The third-order valence-electron chi connectivity index (χ3n) is 1.24. The molecular weight excluding hydrogens is 240 g/mol. The zero-order valence-corrected chi connectivity index (χ0v) is 12.4. The Morgan fingerprint density at radius 1 is 1.44 bits per heavy atom. The van der Waals surface area contributed by atoms with Gasteiger partial charge in [0.2, 0.25) is 0 Å². The topological polar surface area (TPSA) is 42.0 Å². The number of hydrogen-bond acceptors (Lipinski definition) is 5. The summed E-state index contributed by atoms with van der Waals surface area (Å²) in [6.07, 6.45) is 1.59. The first-order chi connectivity index (χ1) is 7.74. The van der Waals surface area contributed by atoms with Crippen LogP contribution in [0.5, 0.6) is 0 Å². The number of hydrogen-bond donors (Lipinski definition) is 2. The van der Waals surface area contributed by atoms with E-state index in [-0.39, 0.29) is 5.78 Å². The summed E-state index contributed by atoms with van der Waals surface area (Å²) in [5.74, 6) is 0.820. The molecule has 0 bridgehead atoms. The van der Waals surface area contributed by atoms with E-state index in [1.165, 1.54) is 18.3 Å². The second kappa shape index (κ2) is 12.5. The fourth-order valence-corrected chi connectivity index (χ4v) is 1.53. The van der Waals surface area contributed by atoms with Crippen LogP contribution in [0.2, 0.25) is 0 Å². The molecule has 0 radical (unpaired) electrons. The minimum Gasteiger partial charge on any atom is -0.361 e. The molecule has 1 heterocycles. The van der Waals surface area contributed by atoms with Crippen LogP contribution in [0.25, 0.3) is 0 Å². The molecule has 0 saturated carbocycles. The largest absolute Gasteiger partial charge is 0.361 e. The molecule has 0 atom stereocenters. The van der Waals surface area contributed by atoms with E-state index in [9.17, 15) is 4.79 Å². The molecular formula is C11H22N2OS2. The van der Waals surface area contributed by atoms with E-state index in [4.69, 9.17) is 0 Å². The summed E-state index contributed by atoms with van der Waals surface area (Å²) in [7, 11) is 0. The number of nitrogens with zero attached hydrogens (tertiary/aromatic N) is 1. The lowest BCUT2D eigenvalue weighted by molar-refractivity contribution is 0.102. The van der Waals surface area contributed by atoms with Crippen molar-refractivity contribution in [3.05, 3.63) is 11.1 Å². The van der Waals surface area contributed by atoms with Crippen molar-refractivity contribution in [2.75, 3.05) is 17.6 Å². The summed E-state index contributed by atoms with van der Waals surface area (Å²) in [6.45, 7) is 10.3. The fourth-order valence-electron chi connectivity index (χ4n) is 0.681. The number of aromatic nitrogens is 1. The van der Waals surface area contributed by atoms with E-state index in [0.717, 1.165) is 17.4 Å².